The maximum absolute atomic E-state index is 12.5. The summed E-state index contributed by atoms with van der Waals surface area (Å²) in [6, 6.07) is 5.89. The van der Waals surface area contributed by atoms with E-state index in [0.717, 1.165) is 0 Å². The summed E-state index contributed by atoms with van der Waals surface area (Å²) < 4.78 is 10.9. The largest absolute Gasteiger partial charge is 0.492 e. The van der Waals surface area contributed by atoms with Crippen molar-refractivity contribution >= 4 is 23.5 Å². The molecule has 27 heavy (non-hydrogen) atoms. The molecule has 0 aliphatic heterocycles. The van der Waals surface area contributed by atoms with E-state index in [1.807, 2.05) is 0 Å². The summed E-state index contributed by atoms with van der Waals surface area (Å²) in [7, 11) is 3.25. The molecule has 1 aromatic carbocycles. The lowest BCUT2D eigenvalue weighted by atomic mass is 10.1. The van der Waals surface area contributed by atoms with Gasteiger partial charge in [0.2, 0.25) is 0 Å². The third-order valence-corrected chi connectivity index (χ3v) is 3.77. The summed E-state index contributed by atoms with van der Waals surface area (Å²) >= 11 is 0. The molecule has 8 heteroatoms. The number of rotatable bonds is 7. The summed E-state index contributed by atoms with van der Waals surface area (Å²) in [4.78, 5) is 37.4. The van der Waals surface area contributed by atoms with Gasteiger partial charge in [0, 0.05) is 32.1 Å². The first-order valence-corrected chi connectivity index (χ1v) is 8.44. The normalized spacial score (nSPS) is 10.4. The Hall–Kier alpha value is -3.29. The second-order valence-corrected chi connectivity index (χ2v) is 5.90. The number of anilines is 1. The van der Waals surface area contributed by atoms with Crippen LogP contribution in [-0.4, -0.2) is 48.5 Å². The molecule has 0 fully saturated rings. The van der Waals surface area contributed by atoms with Gasteiger partial charge >= 0.3 is 5.97 Å². The van der Waals surface area contributed by atoms with Gasteiger partial charge in [0.05, 0.1) is 12.3 Å². The Morgan fingerprint density at radius 1 is 1.19 bits per heavy atom. The van der Waals surface area contributed by atoms with Crippen molar-refractivity contribution in [3.63, 3.8) is 0 Å². The molecule has 0 radical (unpaired) electrons. The highest BCUT2D eigenvalue weighted by Gasteiger charge is 2.21. The number of aromatic carboxylic acids is 1. The number of furan rings is 1. The minimum absolute atomic E-state index is 0.0517. The van der Waals surface area contributed by atoms with Crippen LogP contribution in [-0.2, 0) is 6.42 Å². The molecule has 0 aliphatic carbocycles. The van der Waals surface area contributed by atoms with Gasteiger partial charge in [0.25, 0.3) is 11.8 Å². The molecule has 2 N–H and O–H groups in total. The van der Waals surface area contributed by atoms with Crippen molar-refractivity contribution in [3.8, 4) is 5.75 Å². The van der Waals surface area contributed by atoms with Crippen molar-refractivity contribution in [1.29, 1.82) is 0 Å². The monoisotopic (exact) mass is 374 g/mol. The number of carboxylic acid groups (broad SMARTS) is 1. The van der Waals surface area contributed by atoms with Crippen molar-refractivity contribution in [1.82, 2.24) is 4.90 Å². The smallest absolute Gasteiger partial charge is 0.339 e. The number of amides is 2. The molecule has 0 aliphatic rings. The average molecular weight is 374 g/mol. The van der Waals surface area contributed by atoms with E-state index in [2.05, 4.69) is 5.32 Å². The number of carbonyl (C=O) groups is 3. The molecule has 2 aromatic rings. The molecule has 2 rings (SSSR count). The SMILES string of the molecule is CCOc1ccc(C(=O)N(C)C)cc1NC(=O)c1cc(C(=O)O)c(CC)o1. The quantitative estimate of drug-likeness (QED) is 0.771. The van der Waals surface area contributed by atoms with Crippen molar-refractivity contribution in [2.45, 2.75) is 20.3 Å². The van der Waals surface area contributed by atoms with E-state index in [1.54, 1.807) is 40.1 Å². The van der Waals surface area contributed by atoms with E-state index >= 15 is 0 Å². The number of hydrogen-bond donors (Lipinski definition) is 2. The fourth-order valence-electron chi connectivity index (χ4n) is 2.47. The molecule has 0 spiro atoms. The number of nitrogens with zero attached hydrogens (tertiary/aromatic N) is 1. The Kier molecular flexibility index (Phi) is 6.23. The number of carbonyl (C=O) groups excluding carboxylic acids is 2. The Bertz CT molecular complexity index is 869. The molecule has 144 valence electrons. The third kappa shape index (κ3) is 4.46. The van der Waals surface area contributed by atoms with Gasteiger partial charge in [0.1, 0.15) is 17.1 Å². The molecule has 1 heterocycles. The van der Waals surface area contributed by atoms with Gasteiger partial charge in [-0.2, -0.15) is 0 Å². The van der Waals surface area contributed by atoms with Crippen molar-refractivity contribution in [3.05, 3.63) is 46.9 Å². The summed E-state index contributed by atoms with van der Waals surface area (Å²) in [6.45, 7) is 3.90. The molecule has 0 bridgehead atoms. The predicted octanol–water partition coefficient (Wildman–Crippen LogP) is 2.89. The van der Waals surface area contributed by atoms with E-state index in [-0.39, 0.29) is 23.0 Å². The zero-order valence-electron chi connectivity index (χ0n) is 15.7. The van der Waals surface area contributed by atoms with Crippen LogP contribution < -0.4 is 10.1 Å². The van der Waals surface area contributed by atoms with Gasteiger partial charge in [-0.1, -0.05) is 6.92 Å². The zero-order chi connectivity index (χ0) is 20.1. The van der Waals surface area contributed by atoms with Crippen molar-refractivity contribution in [2.24, 2.45) is 0 Å². The molecule has 2 amide bonds. The molecule has 8 nitrogen and oxygen atoms in total. The average Bonchev–Trinajstić information content (AvgIpc) is 3.07. The Balaban J connectivity index is 2.36. The maximum atomic E-state index is 12.5. The van der Waals surface area contributed by atoms with Crippen LogP contribution in [0.3, 0.4) is 0 Å². The lowest BCUT2D eigenvalue weighted by Gasteiger charge is -2.15. The molecule has 0 atom stereocenters. The van der Waals surface area contributed by atoms with Crippen LogP contribution in [0.1, 0.15) is 50.9 Å². The second kappa shape index (κ2) is 8.39. The predicted molar refractivity (Wildman–Crippen MR) is 98.6 cm³/mol. The molecule has 0 saturated heterocycles. The topological polar surface area (TPSA) is 109 Å². The van der Waals surface area contributed by atoms with Gasteiger partial charge < -0.3 is 24.5 Å². The minimum Gasteiger partial charge on any atom is -0.492 e. The standard InChI is InChI=1S/C19H22N2O6/c1-5-14-12(19(24)25)10-16(27-14)17(22)20-13-9-11(18(23)21(3)4)7-8-15(13)26-6-2/h7-10H,5-6H2,1-4H3,(H,20,22)(H,24,25). The fourth-order valence-corrected chi connectivity index (χ4v) is 2.47. The highest BCUT2D eigenvalue weighted by molar-refractivity contribution is 6.05. The van der Waals surface area contributed by atoms with E-state index in [0.29, 0.717) is 30.0 Å². The first-order valence-electron chi connectivity index (χ1n) is 8.44. The molecule has 0 saturated carbocycles. The lowest BCUT2D eigenvalue weighted by Crippen LogP contribution is -2.22. The van der Waals surface area contributed by atoms with Crippen LogP contribution in [0.2, 0.25) is 0 Å². The van der Waals surface area contributed by atoms with Gasteiger partial charge in [-0.15, -0.1) is 0 Å². The summed E-state index contributed by atoms with van der Waals surface area (Å²) in [6.07, 6.45) is 0.339. The number of nitrogens with one attached hydrogen (secondary N) is 1. The first-order chi connectivity index (χ1) is 12.8. The Morgan fingerprint density at radius 3 is 2.41 bits per heavy atom. The maximum Gasteiger partial charge on any atom is 0.339 e. The molecular formula is C19H22N2O6. The summed E-state index contributed by atoms with van der Waals surface area (Å²) in [5.41, 5.74) is 0.615. The van der Waals surface area contributed by atoms with Crippen LogP contribution in [0.4, 0.5) is 5.69 Å². The number of hydrogen-bond acceptors (Lipinski definition) is 5. The van der Waals surface area contributed by atoms with Gasteiger partial charge in [-0.05, 0) is 25.1 Å². The van der Waals surface area contributed by atoms with E-state index in [4.69, 9.17) is 9.15 Å². The fraction of sp³-hybridized carbons (Fsp3) is 0.316. The van der Waals surface area contributed by atoms with Gasteiger partial charge in [-0.3, -0.25) is 9.59 Å². The van der Waals surface area contributed by atoms with E-state index in [9.17, 15) is 19.5 Å². The van der Waals surface area contributed by atoms with E-state index in [1.165, 1.54) is 17.0 Å². The van der Waals surface area contributed by atoms with Crippen LogP contribution >= 0.6 is 0 Å². The number of ether oxygens (including phenoxy) is 1. The Morgan fingerprint density at radius 2 is 1.89 bits per heavy atom. The van der Waals surface area contributed by atoms with Gasteiger partial charge in [-0.25, -0.2) is 4.79 Å². The highest BCUT2D eigenvalue weighted by Crippen LogP contribution is 2.27. The lowest BCUT2D eigenvalue weighted by molar-refractivity contribution is 0.0693. The van der Waals surface area contributed by atoms with Crippen LogP contribution in [0, 0.1) is 0 Å². The number of benzene rings is 1. The van der Waals surface area contributed by atoms with Crippen LogP contribution in [0.25, 0.3) is 0 Å². The Labute approximate surface area is 156 Å². The summed E-state index contributed by atoms with van der Waals surface area (Å²) in [5, 5.41) is 11.8. The van der Waals surface area contributed by atoms with Gasteiger partial charge in [0.15, 0.2) is 5.76 Å². The van der Waals surface area contributed by atoms with E-state index < -0.39 is 11.9 Å². The highest BCUT2D eigenvalue weighted by atomic mass is 16.5. The first kappa shape index (κ1) is 20.0. The number of carboxylic acids is 1. The minimum atomic E-state index is -1.16. The van der Waals surface area contributed by atoms with Crippen molar-refractivity contribution < 1.29 is 28.6 Å². The van der Waals surface area contributed by atoms with Crippen LogP contribution in [0.5, 0.6) is 5.75 Å². The van der Waals surface area contributed by atoms with Crippen LogP contribution in [0.15, 0.2) is 28.7 Å². The van der Waals surface area contributed by atoms with Crippen molar-refractivity contribution in [2.75, 3.05) is 26.0 Å². The molecular weight excluding hydrogens is 352 g/mol. The third-order valence-electron chi connectivity index (χ3n) is 3.77. The summed E-state index contributed by atoms with van der Waals surface area (Å²) in [5.74, 6) is -1.55. The second-order valence-electron chi connectivity index (χ2n) is 5.90. The molecule has 0 unspecified atom stereocenters. The zero-order valence-corrected chi connectivity index (χ0v) is 15.7. The number of aryl methyl sites for hydroxylation is 1. The molecule has 1 aromatic heterocycles.